The van der Waals surface area contributed by atoms with E-state index in [2.05, 4.69) is 9.98 Å². The lowest BCUT2D eigenvalue weighted by molar-refractivity contribution is -0.384. The van der Waals surface area contributed by atoms with Gasteiger partial charge in [0.15, 0.2) is 5.58 Å². The van der Waals surface area contributed by atoms with Gasteiger partial charge >= 0.3 is 0 Å². The fourth-order valence-corrected chi connectivity index (χ4v) is 2.85. The molecule has 0 radical (unpaired) electrons. The van der Waals surface area contributed by atoms with Crippen LogP contribution in [-0.4, -0.2) is 21.2 Å². The third kappa shape index (κ3) is 3.43. The molecule has 1 aromatic heterocycles. The maximum absolute atomic E-state index is 11.0. The van der Waals surface area contributed by atoms with Crippen LogP contribution in [0.4, 0.5) is 11.4 Å². The Morgan fingerprint density at radius 1 is 1.14 bits per heavy atom. The van der Waals surface area contributed by atoms with E-state index in [1.807, 2.05) is 18.2 Å². The molecule has 0 bridgehead atoms. The number of fused-ring (bicyclic) bond motifs is 1. The van der Waals surface area contributed by atoms with Crippen LogP contribution in [0.5, 0.6) is 5.75 Å². The lowest BCUT2D eigenvalue weighted by Crippen LogP contribution is -1.91. The summed E-state index contributed by atoms with van der Waals surface area (Å²) in [5.74, 6) is 0.269. The van der Waals surface area contributed by atoms with Crippen molar-refractivity contribution in [1.29, 1.82) is 0 Å². The first kappa shape index (κ1) is 17.7. The van der Waals surface area contributed by atoms with E-state index >= 15 is 0 Å². The van der Waals surface area contributed by atoms with Crippen LogP contribution in [0.25, 0.3) is 22.6 Å². The molecule has 4 rings (SSSR count). The number of phenols is 1. The quantitative estimate of drug-likeness (QED) is 0.279. The molecule has 8 heteroatoms. The van der Waals surface area contributed by atoms with Gasteiger partial charge in [-0.3, -0.25) is 15.1 Å². The molecule has 3 aromatic carbocycles. The van der Waals surface area contributed by atoms with Crippen LogP contribution in [0.15, 0.2) is 70.1 Å². The number of halogens is 1. The van der Waals surface area contributed by atoms with Crippen molar-refractivity contribution in [3.8, 4) is 17.2 Å². The van der Waals surface area contributed by atoms with E-state index in [1.54, 1.807) is 24.3 Å². The van der Waals surface area contributed by atoms with Crippen LogP contribution < -0.4 is 0 Å². The number of phenolic OH excluding ortho intramolecular Hbond substituents is 1. The lowest BCUT2D eigenvalue weighted by Gasteiger charge is -2.02. The van der Waals surface area contributed by atoms with E-state index in [4.69, 9.17) is 16.0 Å². The second-order valence-electron chi connectivity index (χ2n) is 5.91. The molecule has 0 aliphatic heterocycles. The van der Waals surface area contributed by atoms with Gasteiger partial charge in [0.25, 0.3) is 5.69 Å². The summed E-state index contributed by atoms with van der Waals surface area (Å²) in [4.78, 5) is 19.0. The van der Waals surface area contributed by atoms with E-state index in [9.17, 15) is 15.2 Å². The first-order chi connectivity index (χ1) is 13.5. The number of hydrogen-bond donors (Lipinski definition) is 1. The smallest absolute Gasteiger partial charge is 0.288 e. The average Bonchev–Trinajstić information content (AvgIpc) is 3.11. The Morgan fingerprint density at radius 2 is 1.96 bits per heavy atom. The highest BCUT2D eigenvalue weighted by Gasteiger charge is 2.13. The van der Waals surface area contributed by atoms with Crippen molar-refractivity contribution >= 4 is 40.3 Å². The Bertz CT molecular complexity index is 1200. The number of hydrogen-bond acceptors (Lipinski definition) is 6. The Balaban J connectivity index is 1.62. The van der Waals surface area contributed by atoms with E-state index in [-0.39, 0.29) is 16.5 Å². The number of nitro groups is 1. The van der Waals surface area contributed by atoms with Crippen LogP contribution in [0, 0.1) is 10.1 Å². The van der Waals surface area contributed by atoms with Gasteiger partial charge < -0.3 is 9.52 Å². The minimum Gasteiger partial charge on any atom is -0.507 e. The Kier molecular flexibility index (Phi) is 4.50. The number of aromatic nitrogens is 1. The molecule has 0 amide bonds. The molecular weight excluding hydrogens is 382 g/mol. The summed E-state index contributed by atoms with van der Waals surface area (Å²) in [5, 5.41) is 21.4. The molecule has 0 aliphatic rings. The number of oxazole rings is 1. The first-order valence-electron chi connectivity index (χ1n) is 8.18. The van der Waals surface area contributed by atoms with Crippen molar-refractivity contribution in [3.05, 3.63) is 81.4 Å². The Morgan fingerprint density at radius 3 is 2.71 bits per heavy atom. The molecule has 0 unspecified atom stereocenters. The average molecular weight is 394 g/mol. The number of para-hydroxylation sites is 2. The maximum atomic E-state index is 11.0. The van der Waals surface area contributed by atoms with Crippen molar-refractivity contribution in [3.63, 3.8) is 0 Å². The van der Waals surface area contributed by atoms with Crippen molar-refractivity contribution < 1.29 is 14.4 Å². The van der Waals surface area contributed by atoms with Gasteiger partial charge in [-0.1, -0.05) is 29.8 Å². The molecule has 28 heavy (non-hydrogen) atoms. The fourth-order valence-electron chi connectivity index (χ4n) is 2.67. The summed E-state index contributed by atoms with van der Waals surface area (Å²) in [6, 6.07) is 16.5. The van der Waals surface area contributed by atoms with Gasteiger partial charge in [0.05, 0.1) is 16.2 Å². The summed E-state index contributed by atoms with van der Waals surface area (Å²) < 4.78 is 5.66. The van der Waals surface area contributed by atoms with Crippen LogP contribution >= 0.6 is 11.6 Å². The standard InChI is InChI=1S/C20H12ClN3O4/c21-15-8-5-12(9-17(15)24(26)27)11-22-13-6-7-14(18(25)10-13)20-23-16-3-1-2-4-19(16)28-20/h1-11,25H. The number of aromatic hydroxyl groups is 1. The molecule has 4 aromatic rings. The van der Waals surface area contributed by atoms with Crippen molar-refractivity contribution in [2.24, 2.45) is 4.99 Å². The van der Waals surface area contributed by atoms with E-state index in [0.717, 1.165) is 0 Å². The Labute approximate surface area is 163 Å². The fraction of sp³-hybridized carbons (Fsp3) is 0. The van der Waals surface area contributed by atoms with Gasteiger partial charge in [-0.25, -0.2) is 4.98 Å². The van der Waals surface area contributed by atoms with Crippen LogP contribution in [0.2, 0.25) is 5.02 Å². The predicted octanol–water partition coefficient (Wildman–Crippen LogP) is 5.51. The number of rotatable bonds is 4. The molecule has 0 spiro atoms. The minimum atomic E-state index is -0.555. The summed E-state index contributed by atoms with van der Waals surface area (Å²) in [5.41, 5.74) is 2.55. The summed E-state index contributed by atoms with van der Waals surface area (Å²) in [6.45, 7) is 0. The highest BCUT2D eigenvalue weighted by Crippen LogP contribution is 2.34. The summed E-state index contributed by atoms with van der Waals surface area (Å²) >= 11 is 5.80. The molecule has 0 atom stereocenters. The molecule has 7 nitrogen and oxygen atoms in total. The largest absolute Gasteiger partial charge is 0.507 e. The van der Waals surface area contributed by atoms with Gasteiger partial charge in [0.1, 0.15) is 16.3 Å². The highest BCUT2D eigenvalue weighted by atomic mass is 35.5. The van der Waals surface area contributed by atoms with Crippen molar-refractivity contribution in [1.82, 2.24) is 4.98 Å². The predicted molar refractivity (Wildman–Crippen MR) is 106 cm³/mol. The molecule has 0 aliphatic carbocycles. The maximum Gasteiger partial charge on any atom is 0.288 e. The van der Waals surface area contributed by atoms with Crippen molar-refractivity contribution in [2.75, 3.05) is 0 Å². The van der Waals surface area contributed by atoms with Crippen LogP contribution in [0.1, 0.15) is 5.56 Å². The van der Waals surface area contributed by atoms with Gasteiger partial charge in [0.2, 0.25) is 5.89 Å². The third-order valence-corrected chi connectivity index (χ3v) is 4.35. The molecule has 0 saturated carbocycles. The zero-order valence-corrected chi connectivity index (χ0v) is 15.0. The van der Waals surface area contributed by atoms with E-state index < -0.39 is 4.92 Å². The zero-order chi connectivity index (χ0) is 19.7. The highest BCUT2D eigenvalue weighted by molar-refractivity contribution is 6.32. The first-order valence-corrected chi connectivity index (χ1v) is 8.56. The number of aliphatic imine (C=N–C) groups is 1. The lowest BCUT2D eigenvalue weighted by atomic mass is 10.1. The SMILES string of the molecule is O=[N+]([O-])c1cc(C=Nc2ccc(-c3nc4ccccc4o3)c(O)c2)ccc1Cl. The normalized spacial score (nSPS) is 11.3. The van der Waals surface area contributed by atoms with Gasteiger partial charge in [-0.2, -0.15) is 0 Å². The second-order valence-corrected chi connectivity index (χ2v) is 6.32. The Hall–Kier alpha value is -3.71. The zero-order valence-electron chi connectivity index (χ0n) is 14.2. The summed E-state index contributed by atoms with van der Waals surface area (Å²) in [6.07, 6.45) is 1.46. The monoisotopic (exact) mass is 393 g/mol. The molecule has 0 saturated heterocycles. The second kappa shape index (κ2) is 7.13. The van der Waals surface area contributed by atoms with Gasteiger partial charge in [-0.05, 0) is 35.9 Å². The topological polar surface area (TPSA) is 102 Å². The van der Waals surface area contributed by atoms with Crippen LogP contribution in [0.3, 0.4) is 0 Å². The van der Waals surface area contributed by atoms with Gasteiger partial charge in [0, 0.05) is 18.3 Å². The molecular formula is C20H12ClN3O4. The number of benzene rings is 3. The molecule has 0 fully saturated rings. The minimum absolute atomic E-state index is 0.0386. The third-order valence-electron chi connectivity index (χ3n) is 4.04. The van der Waals surface area contributed by atoms with Crippen molar-refractivity contribution in [2.45, 2.75) is 0 Å². The number of nitrogens with zero attached hydrogens (tertiary/aromatic N) is 3. The number of nitro benzene ring substituents is 1. The van der Waals surface area contributed by atoms with E-state index in [1.165, 1.54) is 24.4 Å². The molecule has 1 heterocycles. The van der Waals surface area contributed by atoms with Gasteiger partial charge in [-0.15, -0.1) is 0 Å². The molecule has 1 N–H and O–H groups in total. The van der Waals surface area contributed by atoms with Crippen LogP contribution in [-0.2, 0) is 0 Å². The molecule has 138 valence electrons. The van der Waals surface area contributed by atoms with E-state index in [0.29, 0.717) is 33.8 Å². The summed E-state index contributed by atoms with van der Waals surface area (Å²) in [7, 11) is 0.